The number of ether oxygens (including phenoxy) is 1. The summed E-state index contributed by atoms with van der Waals surface area (Å²) in [4.78, 5) is 27.6. The number of hydrazine groups is 1. The molecule has 3 aromatic rings. The minimum absolute atomic E-state index is 0.0369. The highest BCUT2D eigenvalue weighted by molar-refractivity contribution is 6.30. The monoisotopic (exact) mass is 411 g/mol. The van der Waals surface area contributed by atoms with Gasteiger partial charge in [0.1, 0.15) is 5.75 Å². The summed E-state index contributed by atoms with van der Waals surface area (Å²) in [5, 5.41) is 0.498. The highest BCUT2D eigenvalue weighted by Crippen LogP contribution is 2.24. The van der Waals surface area contributed by atoms with Gasteiger partial charge in [0, 0.05) is 22.9 Å². The second kappa shape index (κ2) is 9.48. The summed E-state index contributed by atoms with van der Waals surface area (Å²) in [5.74, 6) is -1.22. The molecule has 1 aromatic heterocycles. The van der Waals surface area contributed by atoms with Crippen LogP contribution in [-0.4, -0.2) is 16.8 Å². The van der Waals surface area contributed by atoms with Crippen LogP contribution in [-0.2, 0) is 4.79 Å². The molecule has 2 amide bonds. The summed E-state index contributed by atoms with van der Waals surface area (Å²) in [6.07, 6.45) is 5.62. The fraction of sp³-hybridized carbons (Fsp3) is 0. The molecule has 6 nitrogen and oxygen atoms in total. The first-order chi connectivity index (χ1) is 14.0. The summed E-state index contributed by atoms with van der Waals surface area (Å²) in [5.41, 5.74) is 5.29. The molecule has 0 atom stereocenters. The summed E-state index contributed by atoms with van der Waals surface area (Å²) < 4.78 is 19.6. The molecule has 0 saturated carbocycles. The van der Waals surface area contributed by atoms with Crippen LogP contribution < -0.4 is 15.6 Å². The molecule has 1 heterocycles. The Kier molecular flexibility index (Phi) is 6.55. The van der Waals surface area contributed by atoms with E-state index < -0.39 is 17.6 Å². The highest BCUT2D eigenvalue weighted by atomic mass is 35.5. The highest BCUT2D eigenvalue weighted by Gasteiger charge is 2.07. The number of pyridine rings is 1. The Morgan fingerprint density at radius 2 is 1.86 bits per heavy atom. The van der Waals surface area contributed by atoms with Gasteiger partial charge in [-0.3, -0.25) is 25.4 Å². The zero-order chi connectivity index (χ0) is 20.6. The van der Waals surface area contributed by atoms with Crippen LogP contribution in [0.3, 0.4) is 0 Å². The Morgan fingerprint density at radius 3 is 2.55 bits per heavy atom. The van der Waals surface area contributed by atoms with Crippen molar-refractivity contribution < 1.29 is 18.7 Å². The first kappa shape index (κ1) is 20.0. The third-order valence-corrected chi connectivity index (χ3v) is 3.90. The molecule has 146 valence electrons. The topological polar surface area (TPSA) is 80.3 Å². The summed E-state index contributed by atoms with van der Waals surface area (Å²) >= 11 is 5.76. The average Bonchev–Trinajstić information content (AvgIpc) is 2.73. The van der Waals surface area contributed by atoms with Crippen molar-refractivity contribution in [3.63, 3.8) is 0 Å². The molecule has 0 aliphatic carbocycles. The molecular weight excluding hydrogens is 397 g/mol. The number of benzene rings is 2. The van der Waals surface area contributed by atoms with Gasteiger partial charge in [-0.25, -0.2) is 4.39 Å². The summed E-state index contributed by atoms with van der Waals surface area (Å²) in [6.45, 7) is 0. The predicted molar refractivity (Wildman–Crippen MR) is 107 cm³/mol. The third kappa shape index (κ3) is 5.88. The largest absolute Gasteiger partial charge is 0.453 e. The molecule has 3 rings (SSSR count). The fourth-order valence-electron chi connectivity index (χ4n) is 2.24. The molecule has 29 heavy (non-hydrogen) atoms. The van der Waals surface area contributed by atoms with Crippen molar-refractivity contribution in [1.29, 1.82) is 0 Å². The Morgan fingerprint density at radius 1 is 1.07 bits per heavy atom. The number of halogens is 2. The van der Waals surface area contributed by atoms with Gasteiger partial charge >= 0.3 is 0 Å². The van der Waals surface area contributed by atoms with Crippen LogP contribution in [0.2, 0.25) is 5.02 Å². The fourth-order valence-corrected chi connectivity index (χ4v) is 2.37. The lowest BCUT2D eigenvalue weighted by Crippen LogP contribution is -2.40. The van der Waals surface area contributed by atoms with Crippen LogP contribution in [0.4, 0.5) is 4.39 Å². The van der Waals surface area contributed by atoms with Gasteiger partial charge in [0.25, 0.3) is 11.8 Å². The van der Waals surface area contributed by atoms with Crippen LogP contribution in [0.5, 0.6) is 11.5 Å². The van der Waals surface area contributed by atoms with Crippen LogP contribution in [0, 0.1) is 5.82 Å². The Bertz CT molecular complexity index is 1040. The SMILES string of the molecule is O=C(/C=C/c1ccc(Oc2cccnc2)c(F)c1)NNC(=O)c1ccc(Cl)cc1. The smallest absolute Gasteiger partial charge is 0.269 e. The van der Waals surface area contributed by atoms with Crippen LogP contribution in [0.25, 0.3) is 6.08 Å². The van der Waals surface area contributed by atoms with Gasteiger partial charge in [-0.15, -0.1) is 0 Å². The molecule has 0 spiro atoms. The van der Waals surface area contributed by atoms with Crippen molar-refractivity contribution in [1.82, 2.24) is 15.8 Å². The quantitative estimate of drug-likeness (QED) is 0.488. The van der Waals surface area contributed by atoms with Crippen molar-refractivity contribution in [3.05, 3.63) is 95.0 Å². The van der Waals surface area contributed by atoms with Crippen LogP contribution in [0.1, 0.15) is 15.9 Å². The van der Waals surface area contributed by atoms with Gasteiger partial charge in [0.05, 0.1) is 6.20 Å². The van der Waals surface area contributed by atoms with Crippen LogP contribution >= 0.6 is 11.6 Å². The first-order valence-corrected chi connectivity index (χ1v) is 8.80. The Labute approximate surface area is 171 Å². The minimum atomic E-state index is -0.590. The number of carbonyl (C=O) groups is 2. The molecule has 2 aromatic carbocycles. The van der Waals surface area contributed by atoms with Crippen molar-refractivity contribution in [2.24, 2.45) is 0 Å². The lowest BCUT2D eigenvalue weighted by atomic mass is 10.2. The molecule has 0 fully saturated rings. The Hall–Kier alpha value is -3.71. The molecule has 0 radical (unpaired) electrons. The molecule has 0 bridgehead atoms. The second-order valence-corrected chi connectivity index (χ2v) is 6.20. The van der Waals surface area contributed by atoms with E-state index in [2.05, 4.69) is 15.8 Å². The van der Waals surface area contributed by atoms with Gasteiger partial charge in [-0.05, 0) is 60.2 Å². The number of hydrogen-bond donors (Lipinski definition) is 2. The average molecular weight is 412 g/mol. The zero-order valence-corrected chi connectivity index (χ0v) is 15.7. The number of hydrogen-bond acceptors (Lipinski definition) is 4. The summed E-state index contributed by atoms with van der Waals surface area (Å²) in [6, 6.07) is 13.8. The van der Waals surface area contributed by atoms with E-state index in [4.69, 9.17) is 16.3 Å². The van der Waals surface area contributed by atoms with E-state index in [1.165, 1.54) is 42.6 Å². The van der Waals surface area contributed by atoms with E-state index in [0.717, 1.165) is 0 Å². The Balaban J connectivity index is 1.55. The molecule has 0 saturated heterocycles. The van der Waals surface area contributed by atoms with Crippen molar-refractivity contribution in [2.45, 2.75) is 0 Å². The van der Waals surface area contributed by atoms with E-state index in [1.54, 1.807) is 36.5 Å². The number of nitrogens with one attached hydrogen (secondary N) is 2. The molecule has 2 N–H and O–H groups in total. The van der Waals surface area contributed by atoms with Crippen LogP contribution in [0.15, 0.2) is 73.1 Å². The van der Waals surface area contributed by atoms with Crippen molar-refractivity contribution >= 4 is 29.5 Å². The standard InChI is InChI=1S/C21H15ClFN3O3/c22-16-7-5-15(6-8-16)21(28)26-25-20(27)10-4-14-3-9-19(18(23)12-14)29-17-2-1-11-24-13-17/h1-13H,(H,25,27)(H,26,28)/b10-4+. The lowest BCUT2D eigenvalue weighted by molar-refractivity contribution is -0.117. The molecule has 8 heteroatoms. The van der Waals surface area contributed by atoms with E-state index in [1.807, 2.05) is 0 Å². The number of nitrogens with zero attached hydrogens (tertiary/aromatic N) is 1. The molecular formula is C21H15ClFN3O3. The van der Waals surface area contributed by atoms with E-state index >= 15 is 0 Å². The van der Waals surface area contributed by atoms with Gasteiger partial charge in [0.2, 0.25) is 0 Å². The number of aromatic nitrogens is 1. The molecule has 0 unspecified atom stereocenters. The molecule has 0 aliphatic rings. The van der Waals surface area contributed by atoms with Crippen molar-refractivity contribution in [3.8, 4) is 11.5 Å². The van der Waals surface area contributed by atoms with Gasteiger partial charge in [-0.2, -0.15) is 0 Å². The first-order valence-electron chi connectivity index (χ1n) is 8.42. The maximum atomic E-state index is 14.2. The normalized spacial score (nSPS) is 10.6. The van der Waals surface area contributed by atoms with Gasteiger partial charge in [0.15, 0.2) is 11.6 Å². The third-order valence-electron chi connectivity index (χ3n) is 3.65. The second-order valence-electron chi connectivity index (χ2n) is 5.76. The van der Waals surface area contributed by atoms with E-state index in [-0.39, 0.29) is 5.75 Å². The van der Waals surface area contributed by atoms with E-state index in [0.29, 0.717) is 21.9 Å². The molecule has 0 aliphatic heterocycles. The maximum absolute atomic E-state index is 14.2. The van der Waals surface area contributed by atoms with Gasteiger partial charge < -0.3 is 4.74 Å². The zero-order valence-electron chi connectivity index (χ0n) is 14.9. The lowest BCUT2D eigenvalue weighted by Gasteiger charge is -2.07. The van der Waals surface area contributed by atoms with Crippen molar-refractivity contribution in [2.75, 3.05) is 0 Å². The predicted octanol–water partition coefficient (Wildman–Crippen LogP) is 4.14. The van der Waals surface area contributed by atoms with Gasteiger partial charge in [-0.1, -0.05) is 17.7 Å². The number of carbonyl (C=O) groups excluding carboxylic acids is 2. The summed E-state index contributed by atoms with van der Waals surface area (Å²) in [7, 11) is 0. The minimum Gasteiger partial charge on any atom is -0.453 e. The number of amides is 2. The van der Waals surface area contributed by atoms with E-state index in [9.17, 15) is 14.0 Å². The maximum Gasteiger partial charge on any atom is 0.269 e. The number of rotatable bonds is 5.